The molecule has 298 valence electrons. The van der Waals surface area contributed by atoms with Crippen LogP contribution in [0.4, 0.5) is 5.95 Å². The van der Waals surface area contributed by atoms with Gasteiger partial charge in [-0.3, -0.25) is 24.5 Å². The molecule has 2 heterocycles. The summed E-state index contributed by atoms with van der Waals surface area (Å²) in [5.41, 5.74) is 9.59. The number of amides is 2. The van der Waals surface area contributed by atoms with Crippen molar-refractivity contribution in [1.82, 2.24) is 40.0 Å². The van der Waals surface area contributed by atoms with Crippen molar-refractivity contribution in [2.45, 2.75) is 34.8 Å². The van der Waals surface area contributed by atoms with E-state index in [9.17, 15) is 36.3 Å². The lowest BCUT2D eigenvalue weighted by Crippen LogP contribution is -2.50. The zero-order valence-electron chi connectivity index (χ0n) is 29.0. The minimum absolute atomic E-state index is 0.168. The summed E-state index contributed by atoms with van der Waals surface area (Å²) in [5, 5.41) is 32.0. The Hall–Kier alpha value is -5.44. The number of carbonyl (C=O) groups excluding carboxylic acids is 2. The average Bonchev–Trinajstić information content (AvgIpc) is 3.87. The lowest BCUT2D eigenvalue weighted by molar-refractivity contribution is -0.432. The van der Waals surface area contributed by atoms with Crippen LogP contribution < -0.4 is 31.3 Å². The van der Waals surface area contributed by atoms with Crippen molar-refractivity contribution in [2.24, 2.45) is 5.73 Å². The molecule has 10 N–H and O–H groups in total. The molecule has 0 fully saturated rings. The summed E-state index contributed by atoms with van der Waals surface area (Å²) in [6.07, 6.45) is 5.73. The topological polar surface area (TPSA) is 311 Å². The van der Waals surface area contributed by atoms with E-state index in [0.717, 1.165) is 11.9 Å². The van der Waals surface area contributed by atoms with E-state index >= 15 is 0 Å². The van der Waals surface area contributed by atoms with Crippen molar-refractivity contribution in [3.63, 3.8) is 0 Å². The summed E-state index contributed by atoms with van der Waals surface area (Å²) >= 11 is 0.515. The number of imidazole rings is 1. The second-order valence-electron chi connectivity index (χ2n) is 11.8. The van der Waals surface area contributed by atoms with Crippen molar-refractivity contribution in [3.05, 3.63) is 90.9 Å². The number of rotatable bonds is 21. The van der Waals surface area contributed by atoms with Crippen molar-refractivity contribution in [3.8, 4) is 11.1 Å². The normalized spacial score (nSPS) is 12.9. The number of hydrogen-bond acceptors (Lipinski definition) is 15. The van der Waals surface area contributed by atoms with Gasteiger partial charge in [0, 0.05) is 60.8 Å². The van der Waals surface area contributed by atoms with Gasteiger partial charge in [0.2, 0.25) is 10.0 Å². The highest BCUT2D eigenvalue weighted by atomic mass is 32.2. The molecule has 0 saturated heterocycles. The predicted octanol–water partition coefficient (Wildman–Crippen LogP) is 0.796. The van der Waals surface area contributed by atoms with E-state index in [0.29, 0.717) is 47.6 Å². The number of aliphatic carboxylic acids is 1. The first-order valence-electron chi connectivity index (χ1n) is 16.4. The first-order chi connectivity index (χ1) is 26.8. The van der Waals surface area contributed by atoms with Gasteiger partial charge in [-0.15, -0.1) is 9.16 Å². The van der Waals surface area contributed by atoms with E-state index in [1.807, 2.05) is 10.3 Å². The number of aromatic nitrogens is 4. The number of sulfonamides is 2. The number of aromatic amines is 1. The Morgan fingerprint density at radius 2 is 1.64 bits per heavy atom. The monoisotopic (exact) mass is 832 g/mol. The smallest absolute Gasteiger partial charge is 0.323 e. The number of anilines is 1. The number of carboxylic acid groups (broad SMARTS) is 1. The highest BCUT2D eigenvalue weighted by Gasteiger charge is 2.26. The van der Waals surface area contributed by atoms with Crippen LogP contribution in [0.15, 0.2) is 95.1 Å². The van der Waals surface area contributed by atoms with Crippen LogP contribution in [0, 0.1) is 0 Å². The third-order valence-electron chi connectivity index (χ3n) is 7.94. The molecule has 0 aliphatic heterocycles. The van der Waals surface area contributed by atoms with Gasteiger partial charge >= 0.3 is 5.97 Å². The molecule has 0 radical (unpaired) electrons. The van der Waals surface area contributed by atoms with Crippen molar-refractivity contribution in [2.75, 3.05) is 24.2 Å². The quantitative estimate of drug-likeness (QED) is 0.0214. The zero-order chi connectivity index (χ0) is 40.3. The summed E-state index contributed by atoms with van der Waals surface area (Å²) < 4.78 is 59.6. The molecule has 2 aromatic heterocycles. The molecule has 5 aromatic rings. The number of nitrogens with zero attached hydrogens (tertiary/aromatic N) is 3. The van der Waals surface area contributed by atoms with Gasteiger partial charge in [-0.1, -0.05) is 29.3 Å². The number of aryl methyl sites for hydroxylation is 1. The third kappa shape index (κ3) is 11.1. The minimum atomic E-state index is -4.38. The van der Waals surface area contributed by atoms with Crippen LogP contribution in [0.2, 0.25) is 0 Å². The maximum Gasteiger partial charge on any atom is 0.323 e. The van der Waals surface area contributed by atoms with Crippen LogP contribution in [-0.4, -0.2) is 95.7 Å². The summed E-state index contributed by atoms with van der Waals surface area (Å²) in [7, 11) is -8.59. The van der Waals surface area contributed by atoms with Gasteiger partial charge < -0.3 is 26.5 Å². The molecule has 56 heavy (non-hydrogen) atoms. The van der Waals surface area contributed by atoms with Gasteiger partial charge in [0.15, 0.2) is 5.95 Å². The third-order valence-corrected chi connectivity index (χ3v) is 11.3. The molecule has 0 spiro atoms. The second kappa shape index (κ2) is 18.9. The number of H-pyrrole nitrogens is 1. The fraction of sp³-hybridized carbons (Fsp3) is 0.219. The van der Waals surface area contributed by atoms with Gasteiger partial charge in [0.05, 0.1) is 27.5 Å². The lowest BCUT2D eigenvalue weighted by Gasteiger charge is -2.16. The number of hydrogen-bond donors (Lipinski definition) is 9. The predicted molar refractivity (Wildman–Crippen MR) is 201 cm³/mol. The molecule has 0 aliphatic carbocycles. The summed E-state index contributed by atoms with van der Waals surface area (Å²) in [6, 6.07) is 12.7. The Labute approximate surface area is 323 Å². The van der Waals surface area contributed by atoms with Gasteiger partial charge in [-0.2, -0.15) is 9.82 Å². The molecule has 21 nitrogen and oxygen atoms in total. The Morgan fingerprint density at radius 3 is 2.27 bits per heavy atom. The molecule has 5 rings (SSSR count). The van der Waals surface area contributed by atoms with E-state index in [1.54, 1.807) is 41.5 Å². The number of hydrazine groups is 1. The number of fused-ring (bicyclic) bond motifs is 1. The highest BCUT2D eigenvalue weighted by Crippen LogP contribution is 2.23. The molecule has 0 bridgehead atoms. The fourth-order valence-corrected chi connectivity index (χ4v) is 7.49. The highest BCUT2D eigenvalue weighted by molar-refractivity contribution is 7.94. The van der Waals surface area contributed by atoms with E-state index in [1.165, 1.54) is 48.5 Å². The van der Waals surface area contributed by atoms with Crippen LogP contribution in [0.1, 0.15) is 16.8 Å². The van der Waals surface area contributed by atoms with E-state index in [2.05, 4.69) is 39.8 Å². The molecule has 24 heteroatoms. The Kier molecular flexibility index (Phi) is 14.1. The van der Waals surface area contributed by atoms with Crippen LogP contribution in [-0.2, 0) is 45.6 Å². The summed E-state index contributed by atoms with van der Waals surface area (Å²) in [5.74, 6) is -2.52. The molecule has 3 aromatic carbocycles. The van der Waals surface area contributed by atoms with Gasteiger partial charge in [0.25, 0.3) is 21.8 Å². The molecule has 2 atom stereocenters. The average molecular weight is 833 g/mol. The number of carbonyl (C=O) groups is 3. The summed E-state index contributed by atoms with van der Waals surface area (Å²) in [6.45, 7) is 0.705. The molecule has 0 saturated carbocycles. The largest absolute Gasteiger partial charge is 0.480 e. The zero-order valence-corrected chi connectivity index (χ0v) is 31.4. The van der Waals surface area contributed by atoms with Crippen LogP contribution >= 0.6 is 12.0 Å². The maximum absolute atomic E-state index is 13.1. The molecule has 0 unspecified atom stereocenters. The van der Waals surface area contributed by atoms with E-state index < -0.39 is 56.5 Å². The van der Waals surface area contributed by atoms with Gasteiger partial charge in [0.1, 0.15) is 6.04 Å². The molecular formula is C32H36N10O11S3. The van der Waals surface area contributed by atoms with Crippen LogP contribution in [0.25, 0.3) is 22.0 Å². The standard InChI is InChI=1S/C32H36N10O11S3/c33-26(19-54-53-52-47)30(44)39-41-56(50,51)25-9-4-21(5-10-25)20-2-7-24(8-3-20)55(48,49)40-27(31(45)46)18-37-29(43)22-6-11-28-23(16-22)17-38-42(28)15-1-12-34-32-35-13-14-36-32/h2-11,13-14,16-17,26-27,40-41,47H,1,12,15,18-19,33H2,(H,37,43)(H,39,44)(H,45,46)(H2,34,35,36)/t26-,27-/m0/s1. The van der Waals surface area contributed by atoms with Crippen molar-refractivity contribution >= 4 is 66.7 Å². The molecule has 2 amide bonds. The van der Waals surface area contributed by atoms with E-state index in [-0.39, 0.29) is 21.1 Å². The lowest BCUT2D eigenvalue weighted by atomic mass is 10.1. The first-order valence-corrected chi connectivity index (χ1v) is 20.2. The number of benzene rings is 3. The van der Waals surface area contributed by atoms with Gasteiger partial charge in [-0.25, -0.2) is 27.1 Å². The second-order valence-corrected chi connectivity index (χ2v) is 15.9. The fourth-order valence-electron chi connectivity index (χ4n) is 5.06. The number of carboxylic acids is 1. The van der Waals surface area contributed by atoms with Crippen LogP contribution in [0.3, 0.4) is 0 Å². The number of nitrogens with one attached hydrogen (secondary N) is 6. The Balaban J connectivity index is 1.13. The Morgan fingerprint density at radius 1 is 0.964 bits per heavy atom. The Bertz CT molecular complexity index is 2340. The number of nitrogens with two attached hydrogens (primary N) is 1. The van der Waals surface area contributed by atoms with Crippen molar-refractivity contribution in [1.29, 1.82) is 0 Å². The first kappa shape index (κ1) is 41.7. The summed E-state index contributed by atoms with van der Waals surface area (Å²) in [4.78, 5) is 45.5. The molecular weight excluding hydrogens is 797 g/mol. The molecule has 0 aliphatic rings. The van der Waals surface area contributed by atoms with Gasteiger partial charge in [-0.05, 0) is 60.0 Å². The SMILES string of the molecule is N[C@@H](CSOOO)C(=O)NNS(=O)(=O)c1ccc(-c2ccc(S(=O)(=O)N[C@@H](CNC(=O)c3ccc4c(cnn4CCCNc4ncc[nH]4)c3)C(=O)O)cc2)cc1. The van der Waals surface area contributed by atoms with Crippen LogP contribution in [0.5, 0.6) is 0 Å². The van der Waals surface area contributed by atoms with E-state index in [4.69, 9.17) is 11.0 Å². The minimum Gasteiger partial charge on any atom is -0.480 e. The van der Waals surface area contributed by atoms with Crippen molar-refractivity contribution < 1.29 is 51.0 Å². The maximum atomic E-state index is 13.1.